The Labute approximate surface area is 171 Å². The van der Waals surface area contributed by atoms with Crippen molar-refractivity contribution in [1.82, 2.24) is 15.1 Å². The molecule has 0 fully saturated rings. The average molecular weight is 394 g/mol. The summed E-state index contributed by atoms with van der Waals surface area (Å²) in [5, 5.41) is 3.22. The van der Waals surface area contributed by atoms with Gasteiger partial charge in [0.2, 0.25) is 0 Å². The number of amides is 2. The van der Waals surface area contributed by atoms with Gasteiger partial charge in [0.1, 0.15) is 5.75 Å². The number of carbonyl (C=O) groups excluding carboxylic acids is 2. The van der Waals surface area contributed by atoms with Crippen LogP contribution in [0.2, 0.25) is 0 Å². The third kappa shape index (κ3) is 4.56. The molecule has 0 unspecified atom stereocenters. The fraction of sp³-hybridized carbons (Fsp3) is 0.318. The normalized spacial score (nSPS) is 13.5. The molecule has 29 heavy (non-hydrogen) atoms. The molecular weight excluding hydrogens is 368 g/mol. The van der Waals surface area contributed by atoms with E-state index < -0.39 is 0 Å². The molecule has 0 bridgehead atoms. The van der Waals surface area contributed by atoms with Crippen LogP contribution in [0.3, 0.4) is 0 Å². The van der Waals surface area contributed by atoms with Crippen LogP contribution in [0.1, 0.15) is 33.2 Å². The highest BCUT2D eigenvalue weighted by atomic mass is 16.5. The maximum absolute atomic E-state index is 12.4. The standard InChI is InChI=1S/C22H26N4O3/c1-4-29-17-11-9-16(10-12-17)15-25(3)22(23-2)24-13-14-26-20(27)18-7-5-6-8-19(18)21(26)28/h5-12H,4,13-15H2,1-3H3,(H,23,24). The molecule has 1 aliphatic heterocycles. The van der Waals surface area contributed by atoms with Crippen LogP contribution in [-0.4, -0.2) is 61.4 Å². The highest BCUT2D eigenvalue weighted by molar-refractivity contribution is 6.21. The van der Waals surface area contributed by atoms with Gasteiger partial charge in [0.25, 0.3) is 11.8 Å². The molecule has 0 aliphatic carbocycles. The highest BCUT2D eigenvalue weighted by Gasteiger charge is 2.34. The number of nitrogens with zero attached hydrogens (tertiary/aromatic N) is 3. The van der Waals surface area contributed by atoms with Crippen molar-refractivity contribution in [2.24, 2.45) is 4.99 Å². The third-order valence-corrected chi connectivity index (χ3v) is 4.72. The van der Waals surface area contributed by atoms with E-state index in [2.05, 4.69) is 10.3 Å². The molecule has 1 aliphatic rings. The van der Waals surface area contributed by atoms with Crippen LogP contribution in [-0.2, 0) is 6.54 Å². The molecule has 0 aromatic heterocycles. The monoisotopic (exact) mass is 394 g/mol. The molecule has 0 spiro atoms. The molecule has 2 aromatic rings. The Kier molecular flexibility index (Phi) is 6.49. The maximum Gasteiger partial charge on any atom is 0.261 e. The summed E-state index contributed by atoms with van der Waals surface area (Å²) in [4.78, 5) is 32.4. The van der Waals surface area contributed by atoms with Gasteiger partial charge < -0.3 is 15.0 Å². The maximum atomic E-state index is 12.4. The van der Waals surface area contributed by atoms with E-state index in [9.17, 15) is 9.59 Å². The number of carbonyl (C=O) groups is 2. The third-order valence-electron chi connectivity index (χ3n) is 4.72. The second-order valence-electron chi connectivity index (χ2n) is 6.71. The van der Waals surface area contributed by atoms with E-state index in [1.165, 1.54) is 4.90 Å². The van der Waals surface area contributed by atoms with E-state index in [4.69, 9.17) is 4.74 Å². The van der Waals surface area contributed by atoms with E-state index in [0.717, 1.165) is 11.3 Å². The summed E-state index contributed by atoms with van der Waals surface area (Å²) in [6, 6.07) is 14.9. The van der Waals surface area contributed by atoms with Gasteiger partial charge in [0.15, 0.2) is 5.96 Å². The fourth-order valence-electron chi connectivity index (χ4n) is 3.31. The summed E-state index contributed by atoms with van der Waals surface area (Å²) in [5.74, 6) is 1.05. The zero-order chi connectivity index (χ0) is 20.8. The van der Waals surface area contributed by atoms with Gasteiger partial charge in [-0.1, -0.05) is 24.3 Å². The van der Waals surface area contributed by atoms with Gasteiger partial charge in [-0.15, -0.1) is 0 Å². The zero-order valence-corrected chi connectivity index (χ0v) is 17.0. The van der Waals surface area contributed by atoms with Crippen molar-refractivity contribution in [2.75, 3.05) is 33.8 Å². The van der Waals surface area contributed by atoms with Gasteiger partial charge in [0.05, 0.1) is 17.7 Å². The van der Waals surface area contributed by atoms with Gasteiger partial charge in [-0.3, -0.25) is 19.5 Å². The Morgan fingerprint density at radius 1 is 1.07 bits per heavy atom. The predicted octanol–water partition coefficient (Wildman–Crippen LogP) is 2.39. The fourth-order valence-corrected chi connectivity index (χ4v) is 3.31. The first-order valence-electron chi connectivity index (χ1n) is 9.64. The number of ether oxygens (including phenoxy) is 1. The largest absolute Gasteiger partial charge is 0.494 e. The topological polar surface area (TPSA) is 74.2 Å². The Hall–Kier alpha value is -3.35. The van der Waals surface area contributed by atoms with Crippen LogP contribution in [0.4, 0.5) is 0 Å². The van der Waals surface area contributed by atoms with E-state index in [0.29, 0.717) is 36.8 Å². The van der Waals surface area contributed by atoms with Crippen molar-refractivity contribution in [1.29, 1.82) is 0 Å². The number of fused-ring (bicyclic) bond motifs is 1. The van der Waals surface area contributed by atoms with Crippen LogP contribution in [0, 0.1) is 0 Å². The number of aliphatic imine (C=N–C) groups is 1. The van der Waals surface area contributed by atoms with Crippen molar-refractivity contribution in [3.8, 4) is 5.75 Å². The van der Waals surface area contributed by atoms with Crippen molar-refractivity contribution in [3.05, 3.63) is 65.2 Å². The summed E-state index contributed by atoms with van der Waals surface area (Å²) < 4.78 is 5.47. The molecule has 7 heteroatoms. The second-order valence-corrected chi connectivity index (χ2v) is 6.71. The quantitative estimate of drug-likeness (QED) is 0.443. The first kappa shape index (κ1) is 20.4. The van der Waals surface area contributed by atoms with E-state index in [1.54, 1.807) is 31.3 Å². The summed E-state index contributed by atoms with van der Waals surface area (Å²) in [6.45, 7) is 3.97. The molecule has 0 radical (unpaired) electrons. The SMILES string of the molecule is CCOc1ccc(CN(C)C(=NC)NCCN2C(=O)c3ccccc3C2=O)cc1. The Bertz CT molecular complexity index is 874. The number of hydrogen-bond acceptors (Lipinski definition) is 4. The number of benzene rings is 2. The number of guanidine groups is 1. The van der Waals surface area contributed by atoms with Crippen molar-refractivity contribution < 1.29 is 14.3 Å². The minimum Gasteiger partial charge on any atom is -0.494 e. The summed E-state index contributed by atoms with van der Waals surface area (Å²) >= 11 is 0. The zero-order valence-electron chi connectivity index (χ0n) is 17.0. The molecule has 2 amide bonds. The van der Waals surface area contributed by atoms with Crippen molar-refractivity contribution in [2.45, 2.75) is 13.5 Å². The minimum absolute atomic E-state index is 0.245. The van der Waals surface area contributed by atoms with E-state index in [1.807, 2.05) is 43.1 Å². The lowest BCUT2D eigenvalue weighted by molar-refractivity contribution is 0.0657. The molecule has 1 heterocycles. The predicted molar refractivity (Wildman–Crippen MR) is 112 cm³/mol. The molecular formula is C22H26N4O3. The molecule has 0 saturated carbocycles. The van der Waals surface area contributed by atoms with E-state index >= 15 is 0 Å². The molecule has 0 saturated heterocycles. The molecule has 7 nitrogen and oxygen atoms in total. The minimum atomic E-state index is -0.245. The van der Waals surface area contributed by atoms with Crippen LogP contribution < -0.4 is 10.1 Å². The van der Waals surface area contributed by atoms with Gasteiger partial charge in [0, 0.05) is 33.7 Å². The molecule has 1 N–H and O–H groups in total. The number of imide groups is 1. The number of hydrogen-bond donors (Lipinski definition) is 1. The molecule has 2 aromatic carbocycles. The lowest BCUT2D eigenvalue weighted by Gasteiger charge is -2.23. The number of nitrogens with one attached hydrogen (secondary N) is 1. The number of rotatable bonds is 7. The van der Waals surface area contributed by atoms with Gasteiger partial charge in [-0.25, -0.2) is 0 Å². The Morgan fingerprint density at radius 3 is 2.24 bits per heavy atom. The molecule has 0 atom stereocenters. The first-order chi connectivity index (χ1) is 14.0. The van der Waals surface area contributed by atoms with Gasteiger partial charge in [-0.05, 0) is 36.8 Å². The van der Waals surface area contributed by atoms with Crippen LogP contribution >= 0.6 is 0 Å². The second kappa shape index (κ2) is 9.23. The van der Waals surface area contributed by atoms with Gasteiger partial charge >= 0.3 is 0 Å². The van der Waals surface area contributed by atoms with Crippen LogP contribution in [0.5, 0.6) is 5.75 Å². The molecule has 3 rings (SSSR count). The lowest BCUT2D eigenvalue weighted by Crippen LogP contribution is -2.43. The molecule has 152 valence electrons. The van der Waals surface area contributed by atoms with Crippen LogP contribution in [0.25, 0.3) is 0 Å². The highest BCUT2D eigenvalue weighted by Crippen LogP contribution is 2.21. The van der Waals surface area contributed by atoms with Gasteiger partial charge in [-0.2, -0.15) is 0 Å². The van der Waals surface area contributed by atoms with Crippen molar-refractivity contribution >= 4 is 17.8 Å². The van der Waals surface area contributed by atoms with Crippen LogP contribution in [0.15, 0.2) is 53.5 Å². The average Bonchev–Trinajstić information content (AvgIpc) is 2.97. The van der Waals surface area contributed by atoms with E-state index in [-0.39, 0.29) is 18.4 Å². The lowest BCUT2D eigenvalue weighted by atomic mass is 10.1. The Morgan fingerprint density at radius 2 is 1.69 bits per heavy atom. The first-order valence-corrected chi connectivity index (χ1v) is 9.64. The Balaban J connectivity index is 1.53. The summed E-state index contributed by atoms with van der Waals surface area (Å²) in [6.07, 6.45) is 0. The smallest absolute Gasteiger partial charge is 0.261 e. The van der Waals surface area contributed by atoms with Crippen molar-refractivity contribution in [3.63, 3.8) is 0 Å². The summed E-state index contributed by atoms with van der Waals surface area (Å²) in [5.41, 5.74) is 2.06. The summed E-state index contributed by atoms with van der Waals surface area (Å²) in [7, 11) is 3.65.